The third kappa shape index (κ3) is 2.57. The van der Waals surface area contributed by atoms with Crippen LogP contribution in [-0.4, -0.2) is 41.6 Å². The Kier molecular flexibility index (Phi) is 4.14. The largest absolute Gasteiger partial charge is 0.341 e. The van der Waals surface area contributed by atoms with Crippen molar-refractivity contribution < 1.29 is 18.0 Å². The Morgan fingerprint density at radius 3 is 1.67 bits per heavy atom. The summed E-state index contributed by atoms with van der Waals surface area (Å²) in [5.41, 5.74) is 5.06. The fraction of sp³-hybridized carbons (Fsp3) is 0.231. The zero-order valence-corrected chi connectivity index (χ0v) is 19.0. The van der Waals surface area contributed by atoms with Gasteiger partial charge in [0.2, 0.25) is 5.91 Å². The Labute approximate surface area is 192 Å². The molecule has 3 aliphatic carbocycles. The smallest absolute Gasteiger partial charge is 0.275 e. The highest BCUT2D eigenvalue weighted by Gasteiger charge is 2.64. The van der Waals surface area contributed by atoms with Gasteiger partial charge < -0.3 is 0 Å². The number of carbonyl (C=O) groups is 2. The van der Waals surface area contributed by atoms with Gasteiger partial charge in [-0.25, -0.2) is 17.5 Å². The van der Waals surface area contributed by atoms with Crippen LogP contribution in [0, 0.1) is 6.92 Å². The van der Waals surface area contributed by atoms with Crippen molar-refractivity contribution in [2.24, 2.45) is 0 Å². The SMILES string of the molecule is CC(=O)N1C(=O)N(S(=O)(=O)c2ccc(C)cc2)[C@H]2C3c4ccccc4C(c4ccccc43)[C@H]21. The Balaban J connectivity index is 1.62. The molecule has 1 aliphatic heterocycles. The van der Waals surface area contributed by atoms with Crippen molar-refractivity contribution in [2.75, 3.05) is 0 Å². The number of nitrogens with zero attached hydrogens (tertiary/aromatic N) is 2. The van der Waals surface area contributed by atoms with Crippen LogP contribution in [0.2, 0.25) is 0 Å². The molecule has 0 saturated carbocycles. The molecule has 0 radical (unpaired) electrons. The summed E-state index contributed by atoms with van der Waals surface area (Å²) >= 11 is 0. The van der Waals surface area contributed by atoms with Gasteiger partial charge in [-0.15, -0.1) is 0 Å². The van der Waals surface area contributed by atoms with E-state index < -0.39 is 34.0 Å². The fourth-order valence-corrected chi connectivity index (χ4v) is 7.56. The van der Waals surface area contributed by atoms with Crippen LogP contribution in [-0.2, 0) is 14.8 Å². The van der Waals surface area contributed by atoms with Gasteiger partial charge in [-0.05, 0) is 41.3 Å². The van der Waals surface area contributed by atoms with Crippen LogP contribution in [0.3, 0.4) is 0 Å². The molecular weight excluding hydrogens is 436 g/mol. The summed E-state index contributed by atoms with van der Waals surface area (Å²) < 4.78 is 28.7. The third-order valence-corrected chi connectivity index (χ3v) is 9.03. The lowest BCUT2D eigenvalue weighted by Crippen LogP contribution is -2.54. The van der Waals surface area contributed by atoms with Crippen LogP contribution in [0.4, 0.5) is 4.79 Å². The molecule has 6 nitrogen and oxygen atoms in total. The number of hydrogen-bond donors (Lipinski definition) is 0. The van der Waals surface area contributed by atoms with E-state index in [-0.39, 0.29) is 16.7 Å². The lowest BCUT2D eigenvalue weighted by Gasteiger charge is -2.49. The maximum absolute atomic E-state index is 13.8. The molecular formula is C26H22N2O4S. The minimum Gasteiger partial charge on any atom is -0.275 e. The highest BCUT2D eigenvalue weighted by molar-refractivity contribution is 7.89. The molecule has 2 bridgehead atoms. The molecule has 1 saturated heterocycles. The topological polar surface area (TPSA) is 74.8 Å². The van der Waals surface area contributed by atoms with Crippen LogP contribution in [0.5, 0.6) is 0 Å². The van der Waals surface area contributed by atoms with Crippen LogP contribution < -0.4 is 0 Å². The Bertz CT molecular complexity index is 1380. The lowest BCUT2D eigenvalue weighted by molar-refractivity contribution is -0.127. The first-order valence-electron chi connectivity index (χ1n) is 10.9. The molecule has 3 aromatic rings. The number of aryl methyl sites for hydroxylation is 1. The summed E-state index contributed by atoms with van der Waals surface area (Å²) in [5.74, 6) is -1.07. The van der Waals surface area contributed by atoms with Crippen molar-refractivity contribution in [3.63, 3.8) is 0 Å². The molecule has 1 heterocycles. The quantitative estimate of drug-likeness (QED) is 0.582. The average Bonchev–Trinajstić information content (AvgIpc) is 3.12. The summed E-state index contributed by atoms with van der Waals surface area (Å²) in [5, 5.41) is 0. The fourth-order valence-electron chi connectivity index (χ4n) is 5.99. The van der Waals surface area contributed by atoms with Crippen molar-refractivity contribution in [3.05, 3.63) is 101 Å². The zero-order valence-electron chi connectivity index (χ0n) is 18.2. The van der Waals surface area contributed by atoms with Gasteiger partial charge in [-0.1, -0.05) is 66.2 Å². The maximum atomic E-state index is 13.8. The second-order valence-corrected chi connectivity index (χ2v) is 10.8. The maximum Gasteiger partial charge on any atom is 0.341 e. The molecule has 1 fully saturated rings. The number of urea groups is 1. The first-order chi connectivity index (χ1) is 15.8. The number of amides is 3. The predicted octanol–water partition coefficient (Wildman–Crippen LogP) is 4.00. The van der Waals surface area contributed by atoms with E-state index in [0.717, 1.165) is 32.1 Å². The summed E-state index contributed by atoms with van der Waals surface area (Å²) in [6.07, 6.45) is 0. The van der Waals surface area contributed by atoms with Crippen LogP contribution in [0.25, 0.3) is 0 Å². The molecule has 3 aromatic carbocycles. The van der Waals surface area contributed by atoms with E-state index in [9.17, 15) is 18.0 Å². The molecule has 3 amide bonds. The monoisotopic (exact) mass is 458 g/mol. The second kappa shape index (κ2) is 6.78. The van der Waals surface area contributed by atoms with Gasteiger partial charge in [-0.2, -0.15) is 0 Å². The van der Waals surface area contributed by atoms with Crippen molar-refractivity contribution in [1.82, 2.24) is 9.21 Å². The minimum absolute atomic E-state index is 0.0496. The summed E-state index contributed by atoms with van der Waals surface area (Å²) in [7, 11) is -4.18. The Morgan fingerprint density at radius 2 is 1.21 bits per heavy atom. The number of imide groups is 1. The molecule has 0 aromatic heterocycles. The van der Waals surface area contributed by atoms with E-state index >= 15 is 0 Å². The van der Waals surface area contributed by atoms with Gasteiger partial charge in [-0.3, -0.25) is 9.69 Å². The van der Waals surface area contributed by atoms with Crippen LogP contribution in [0.1, 0.15) is 46.6 Å². The van der Waals surface area contributed by atoms with Crippen molar-refractivity contribution in [2.45, 2.75) is 42.7 Å². The zero-order chi connectivity index (χ0) is 23.1. The van der Waals surface area contributed by atoms with Gasteiger partial charge in [0, 0.05) is 18.8 Å². The summed E-state index contributed by atoms with van der Waals surface area (Å²) in [6.45, 7) is 3.20. The van der Waals surface area contributed by atoms with E-state index in [2.05, 4.69) is 0 Å². The summed E-state index contributed by atoms with van der Waals surface area (Å²) in [6, 6.07) is 20.3. The molecule has 7 rings (SSSR count). The minimum atomic E-state index is -4.18. The molecule has 0 spiro atoms. The van der Waals surface area contributed by atoms with Crippen molar-refractivity contribution in [1.29, 1.82) is 0 Å². The first-order valence-corrected chi connectivity index (χ1v) is 12.4. The number of rotatable bonds is 2. The van der Waals surface area contributed by atoms with E-state index in [1.54, 1.807) is 12.1 Å². The van der Waals surface area contributed by atoms with E-state index in [0.29, 0.717) is 0 Å². The number of benzene rings is 3. The highest BCUT2D eigenvalue weighted by atomic mass is 32.2. The van der Waals surface area contributed by atoms with Gasteiger partial charge in [0.05, 0.1) is 17.0 Å². The van der Waals surface area contributed by atoms with Gasteiger partial charge >= 0.3 is 6.03 Å². The lowest BCUT2D eigenvalue weighted by atomic mass is 9.59. The highest BCUT2D eigenvalue weighted by Crippen LogP contribution is 2.58. The van der Waals surface area contributed by atoms with E-state index in [1.165, 1.54) is 24.0 Å². The number of carbonyl (C=O) groups excluding carboxylic acids is 2. The van der Waals surface area contributed by atoms with Gasteiger partial charge in [0.25, 0.3) is 10.0 Å². The van der Waals surface area contributed by atoms with Gasteiger partial charge in [0.1, 0.15) is 0 Å². The molecule has 0 unspecified atom stereocenters. The van der Waals surface area contributed by atoms with E-state index in [4.69, 9.17) is 0 Å². The normalized spacial score (nSPS) is 25.0. The van der Waals surface area contributed by atoms with Crippen LogP contribution >= 0.6 is 0 Å². The van der Waals surface area contributed by atoms with Crippen molar-refractivity contribution >= 4 is 22.0 Å². The average molecular weight is 459 g/mol. The molecule has 7 heteroatoms. The third-order valence-electron chi connectivity index (χ3n) is 7.25. The van der Waals surface area contributed by atoms with E-state index in [1.807, 2.05) is 55.5 Å². The number of hydrogen-bond acceptors (Lipinski definition) is 4. The predicted molar refractivity (Wildman–Crippen MR) is 122 cm³/mol. The molecule has 2 atom stereocenters. The molecule has 33 heavy (non-hydrogen) atoms. The standard InChI is InChI=1S/C26H22N2O4S/c1-15-11-13-17(14-12-15)33(31,32)28-25-23-20-9-5-3-7-18(20)22(19-8-4-6-10-21(19)23)24(25)27(16(2)29)26(28)30/h3-14,22-25H,1-2H3/t22?,23?,24-,25+/m1/s1. The molecule has 0 N–H and O–H groups in total. The van der Waals surface area contributed by atoms with Crippen molar-refractivity contribution in [3.8, 4) is 0 Å². The Morgan fingerprint density at radius 1 is 0.758 bits per heavy atom. The molecule has 4 aliphatic rings. The Hall–Kier alpha value is -3.45. The number of sulfonamides is 1. The first kappa shape index (κ1) is 20.2. The summed E-state index contributed by atoms with van der Waals surface area (Å²) in [4.78, 5) is 27.6. The second-order valence-electron chi connectivity index (χ2n) is 8.98. The van der Waals surface area contributed by atoms with Crippen LogP contribution in [0.15, 0.2) is 77.7 Å². The molecule has 166 valence electrons. The van der Waals surface area contributed by atoms with Gasteiger partial charge in [0.15, 0.2) is 0 Å².